The van der Waals surface area contributed by atoms with E-state index in [1.807, 2.05) is 66.7 Å². The minimum atomic E-state index is -0.905. The van der Waals surface area contributed by atoms with Crippen LogP contribution in [0.2, 0.25) is 0 Å². The molecule has 7 aromatic carbocycles. The summed E-state index contributed by atoms with van der Waals surface area (Å²) in [6, 6.07) is 51.4. The van der Waals surface area contributed by atoms with Gasteiger partial charge in [-0.1, -0.05) is 140 Å². The van der Waals surface area contributed by atoms with Gasteiger partial charge in [-0.25, -0.2) is 0 Å². The average Bonchev–Trinajstić information content (AvgIpc) is 3.03. The van der Waals surface area contributed by atoms with Crippen LogP contribution < -0.4 is 15.9 Å². The number of phenolic OH excluding ortho intramolecular Hbond substituents is 2. The van der Waals surface area contributed by atoms with E-state index in [4.69, 9.17) is 0 Å². The fraction of sp³-hybridized carbons (Fsp3) is 0. The molecule has 0 heterocycles. The molecular weight excluding hydrogens is 519 g/mol. The molecule has 0 spiro atoms. The van der Waals surface area contributed by atoms with Crippen LogP contribution in [0.4, 0.5) is 0 Å². The van der Waals surface area contributed by atoms with E-state index in [-0.39, 0.29) is 11.5 Å². The third-order valence-electron chi connectivity index (χ3n) is 7.64. The number of rotatable bonds is 5. The molecule has 0 saturated carbocycles. The van der Waals surface area contributed by atoms with E-state index in [2.05, 4.69) is 78.9 Å². The lowest BCUT2D eigenvalue weighted by atomic mass is 9.89. The molecule has 0 aliphatic carbocycles. The molecule has 41 heavy (non-hydrogen) atoms. The Morgan fingerprint density at radius 2 is 0.951 bits per heavy atom. The molecule has 0 atom stereocenters. The van der Waals surface area contributed by atoms with Crippen molar-refractivity contribution in [3.8, 4) is 33.8 Å². The SMILES string of the molecule is Oc1ccc2ccccc2c1-c1c(O)c(-c2ccccc2P(c2ccccc2)c2ccccc2)cc2ccccc12. The zero-order valence-corrected chi connectivity index (χ0v) is 23.2. The Bertz CT molecular complexity index is 1980. The maximum absolute atomic E-state index is 12.2. The van der Waals surface area contributed by atoms with Crippen molar-refractivity contribution < 1.29 is 10.2 Å². The van der Waals surface area contributed by atoms with E-state index >= 15 is 0 Å². The Morgan fingerprint density at radius 3 is 1.63 bits per heavy atom. The second-order valence-corrected chi connectivity index (χ2v) is 12.3. The molecule has 0 saturated heterocycles. The van der Waals surface area contributed by atoms with Gasteiger partial charge in [-0.15, -0.1) is 0 Å². The second kappa shape index (κ2) is 10.6. The first kappa shape index (κ1) is 25.1. The lowest BCUT2D eigenvalue weighted by Gasteiger charge is -2.24. The number of aromatic hydroxyl groups is 2. The van der Waals surface area contributed by atoms with Gasteiger partial charge in [0, 0.05) is 16.7 Å². The van der Waals surface area contributed by atoms with Gasteiger partial charge in [-0.2, -0.15) is 0 Å². The minimum Gasteiger partial charge on any atom is -0.507 e. The van der Waals surface area contributed by atoms with E-state index in [1.54, 1.807) is 6.07 Å². The van der Waals surface area contributed by atoms with Crippen LogP contribution in [0.1, 0.15) is 0 Å². The lowest BCUT2D eigenvalue weighted by Crippen LogP contribution is -2.22. The summed E-state index contributed by atoms with van der Waals surface area (Å²) >= 11 is 0. The maximum Gasteiger partial charge on any atom is 0.132 e. The van der Waals surface area contributed by atoms with Crippen molar-refractivity contribution in [2.45, 2.75) is 0 Å². The molecule has 2 nitrogen and oxygen atoms in total. The molecule has 2 N–H and O–H groups in total. The van der Waals surface area contributed by atoms with E-state index in [1.165, 1.54) is 15.9 Å². The van der Waals surface area contributed by atoms with Crippen LogP contribution >= 0.6 is 7.92 Å². The van der Waals surface area contributed by atoms with Crippen molar-refractivity contribution in [1.82, 2.24) is 0 Å². The Labute approximate surface area is 240 Å². The average molecular weight is 547 g/mol. The number of benzene rings is 7. The smallest absolute Gasteiger partial charge is 0.132 e. The van der Waals surface area contributed by atoms with Crippen LogP contribution in [0.3, 0.4) is 0 Å². The highest BCUT2D eigenvalue weighted by Crippen LogP contribution is 2.49. The summed E-state index contributed by atoms with van der Waals surface area (Å²) in [6.07, 6.45) is 0. The van der Waals surface area contributed by atoms with Crippen molar-refractivity contribution in [2.24, 2.45) is 0 Å². The largest absolute Gasteiger partial charge is 0.507 e. The standard InChI is InChI=1S/C38H27O2P/c39-34-24-23-26-13-7-9-19-30(26)36(34)37-31-20-10-8-14-27(31)25-33(38(37)40)32-21-11-12-22-35(32)41(28-15-3-1-4-16-28)29-17-5-2-6-18-29/h1-25,39-40H. The molecule has 0 unspecified atom stereocenters. The van der Waals surface area contributed by atoms with Crippen LogP contribution in [0.25, 0.3) is 43.8 Å². The summed E-state index contributed by atoms with van der Waals surface area (Å²) in [6.45, 7) is 0. The zero-order chi connectivity index (χ0) is 27.8. The summed E-state index contributed by atoms with van der Waals surface area (Å²) in [5, 5.41) is 30.9. The molecular formula is C38H27O2P. The van der Waals surface area contributed by atoms with Gasteiger partial charge in [0.05, 0.1) is 0 Å². The lowest BCUT2D eigenvalue weighted by molar-refractivity contribution is 0.471. The Hall–Kier alpha value is -4.91. The van der Waals surface area contributed by atoms with Crippen molar-refractivity contribution >= 4 is 45.4 Å². The summed E-state index contributed by atoms with van der Waals surface area (Å²) in [5.41, 5.74) is 3.02. The van der Waals surface area contributed by atoms with Crippen molar-refractivity contribution in [1.29, 1.82) is 0 Å². The highest BCUT2D eigenvalue weighted by molar-refractivity contribution is 7.80. The first-order valence-corrected chi connectivity index (χ1v) is 15.0. The van der Waals surface area contributed by atoms with Gasteiger partial charge >= 0.3 is 0 Å². The first-order valence-electron chi connectivity index (χ1n) is 13.7. The summed E-state index contributed by atoms with van der Waals surface area (Å²) in [5.74, 6) is 0.310. The van der Waals surface area contributed by atoms with Crippen LogP contribution in [0, 0.1) is 0 Å². The number of hydrogen-bond donors (Lipinski definition) is 2. The molecule has 0 radical (unpaired) electrons. The van der Waals surface area contributed by atoms with Crippen LogP contribution in [0.15, 0.2) is 152 Å². The van der Waals surface area contributed by atoms with Crippen molar-refractivity contribution in [3.63, 3.8) is 0 Å². The van der Waals surface area contributed by atoms with E-state index in [9.17, 15) is 10.2 Å². The van der Waals surface area contributed by atoms with Crippen LogP contribution in [0.5, 0.6) is 11.5 Å². The summed E-state index contributed by atoms with van der Waals surface area (Å²) < 4.78 is 0. The van der Waals surface area contributed by atoms with Gasteiger partial charge < -0.3 is 10.2 Å². The molecule has 0 fully saturated rings. The Balaban J connectivity index is 1.55. The third kappa shape index (κ3) is 4.43. The third-order valence-corrected chi connectivity index (χ3v) is 10.1. The molecule has 0 bridgehead atoms. The van der Waals surface area contributed by atoms with Gasteiger partial charge in [0.15, 0.2) is 0 Å². The number of fused-ring (bicyclic) bond motifs is 2. The van der Waals surface area contributed by atoms with E-state index < -0.39 is 7.92 Å². The molecule has 7 rings (SSSR count). The predicted molar refractivity (Wildman–Crippen MR) is 174 cm³/mol. The summed E-state index contributed by atoms with van der Waals surface area (Å²) in [4.78, 5) is 0. The van der Waals surface area contributed by atoms with Gasteiger partial charge in [0.2, 0.25) is 0 Å². The monoisotopic (exact) mass is 546 g/mol. The first-order chi connectivity index (χ1) is 20.2. The quantitative estimate of drug-likeness (QED) is 0.213. The van der Waals surface area contributed by atoms with E-state index in [0.717, 1.165) is 32.7 Å². The molecule has 196 valence electrons. The van der Waals surface area contributed by atoms with Gasteiger partial charge in [0.25, 0.3) is 0 Å². The highest BCUT2D eigenvalue weighted by atomic mass is 31.1. The molecule has 3 heteroatoms. The van der Waals surface area contributed by atoms with Gasteiger partial charge in [-0.05, 0) is 63.1 Å². The Kier molecular flexibility index (Phi) is 6.47. The molecule has 0 amide bonds. The zero-order valence-electron chi connectivity index (χ0n) is 22.3. The van der Waals surface area contributed by atoms with Gasteiger partial charge in [-0.3, -0.25) is 0 Å². The second-order valence-electron chi connectivity index (χ2n) is 10.1. The maximum atomic E-state index is 12.2. The summed E-state index contributed by atoms with van der Waals surface area (Å²) in [7, 11) is -0.905. The van der Waals surface area contributed by atoms with Gasteiger partial charge in [0.1, 0.15) is 11.5 Å². The molecule has 7 aromatic rings. The molecule has 0 aliphatic heterocycles. The predicted octanol–water partition coefficient (Wildman–Crippen LogP) is 8.50. The normalized spacial score (nSPS) is 11.3. The number of phenols is 2. The fourth-order valence-corrected chi connectivity index (χ4v) is 8.26. The van der Waals surface area contributed by atoms with Crippen molar-refractivity contribution in [2.75, 3.05) is 0 Å². The topological polar surface area (TPSA) is 40.5 Å². The molecule has 0 aromatic heterocycles. The fourth-order valence-electron chi connectivity index (χ4n) is 5.80. The molecule has 0 aliphatic rings. The van der Waals surface area contributed by atoms with E-state index in [0.29, 0.717) is 11.1 Å². The van der Waals surface area contributed by atoms with Crippen LogP contribution in [-0.2, 0) is 0 Å². The van der Waals surface area contributed by atoms with Crippen molar-refractivity contribution in [3.05, 3.63) is 152 Å². The minimum absolute atomic E-state index is 0.144. The highest BCUT2D eigenvalue weighted by Gasteiger charge is 2.25. The van der Waals surface area contributed by atoms with Crippen LogP contribution in [-0.4, -0.2) is 10.2 Å². The number of hydrogen-bond acceptors (Lipinski definition) is 2. The Morgan fingerprint density at radius 1 is 0.415 bits per heavy atom.